The molecule has 2 nitrogen and oxygen atoms in total. The summed E-state index contributed by atoms with van der Waals surface area (Å²) in [5.41, 5.74) is 4.68. The fraction of sp³-hybridized carbons (Fsp3) is 0.600. The van der Waals surface area contributed by atoms with E-state index in [2.05, 4.69) is 12.3 Å². The van der Waals surface area contributed by atoms with Gasteiger partial charge in [-0.05, 0) is 21.1 Å². The van der Waals surface area contributed by atoms with Crippen LogP contribution in [0.25, 0.3) is 0 Å². The summed E-state index contributed by atoms with van der Waals surface area (Å²) in [4.78, 5) is 2.00. The molecule has 0 aliphatic heterocycles. The van der Waals surface area contributed by atoms with Crippen molar-refractivity contribution in [3.8, 4) is 0 Å². The third-order valence-corrected chi connectivity index (χ3v) is 0. The van der Waals surface area contributed by atoms with E-state index < -0.39 is 0 Å². The predicted molar refractivity (Wildman–Crippen MR) is 38.8 cm³/mol. The predicted octanol–water partition coefficient (Wildman–Crippen LogP) is 0.833. The molecular weight excluding hydrogens is 124 g/mol. The molecule has 0 atom stereocenters. The van der Waals surface area contributed by atoms with Gasteiger partial charge in [-0.3, -0.25) is 0 Å². The van der Waals surface area contributed by atoms with Crippen LogP contribution in [0.5, 0.6) is 0 Å². The van der Waals surface area contributed by atoms with E-state index in [9.17, 15) is 0 Å². The third kappa shape index (κ3) is 3010. The number of nitrogens with zero attached hydrogens (tertiary/aromatic N) is 1. The Morgan fingerprint density at radius 3 is 1.50 bits per heavy atom. The van der Waals surface area contributed by atoms with E-state index in [1.54, 1.807) is 0 Å². The quantitative estimate of drug-likeness (QED) is 0.500. The molecule has 0 unspecified atom stereocenters. The van der Waals surface area contributed by atoms with Gasteiger partial charge in [0.1, 0.15) is 0 Å². The van der Waals surface area contributed by atoms with Crippen LogP contribution in [0.1, 0.15) is 0 Å². The van der Waals surface area contributed by atoms with Gasteiger partial charge in [0.05, 0.1) is 5.16 Å². The van der Waals surface area contributed by atoms with Gasteiger partial charge in [-0.25, -0.2) is 0 Å². The highest BCUT2D eigenvalue weighted by Crippen LogP contribution is 1.76. The van der Waals surface area contributed by atoms with Crippen LogP contribution >= 0.6 is 11.6 Å². The highest BCUT2D eigenvalue weighted by atomic mass is 35.5. The monoisotopic (exact) mass is 136 g/mol. The van der Waals surface area contributed by atoms with Gasteiger partial charge >= 0.3 is 0 Å². The zero-order valence-electron chi connectivity index (χ0n) is 5.61. The van der Waals surface area contributed by atoms with Gasteiger partial charge in [0.2, 0.25) is 0 Å². The lowest BCUT2D eigenvalue weighted by Gasteiger charge is -1.90. The van der Waals surface area contributed by atoms with Gasteiger partial charge in [-0.1, -0.05) is 18.2 Å². The zero-order valence-corrected chi connectivity index (χ0v) is 6.37. The first-order chi connectivity index (χ1) is 3.46. The van der Waals surface area contributed by atoms with Crippen LogP contribution in [0, 0.1) is 0 Å². The van der Waals surface area contributed by atoms with E-state index >= 15 is 0 Å². The van der Waals surface area contributed by atoms with Crippen molar-refractivity contribution in [3.05, 3.63) is 11.7 Å². The molecule has 3 heteroatoms. The SMILES string of the molecule is C=C(N)Cl.CN(C)C. The Labute approximate surface area is 55.9 Å². The van der Waals surface area contributed by atoms with Crippen LogP contribution in [0.4, 0.5) is 0 Å². The number of halogens is 1. The minimum absolute atomic E-state index is 0.139. The zero-order chi connectivity index (χ0) is 7.15. The molecule has 0 aromatic heterocycles. The molecule has 0 heterocycles. The van der Waals surface area contributed by atoms with Crippen LogP contribution in [-0.2, 0) is 0 Å². The summed E-state index contributed by atoms with van der Waals surface area (Å²) in [5, 5.41) is 0.139. The molecule has 0 rings (SSSR count). The highest BCUT2D eigenvalue weighted by molar-refractivity contribution is 6.28. The van der Waals surface area contributed by atoms with Gasteiger partial charge in [0, 0.05) is 0 Å². The Bertz CT molecular complexity index is 54.7. The summed E-state index contributed by atoms with van der Waals surface area (Å²) in [6.45, 7) is 3.10. The summed E-state index contributed by atoms with van der Waals surface area (Å²) >= 11 is 4.86. The number of rotatable bonds is 0. The van der Waals surface area contributed by atoms with Gasteiger partial charge in [0.15, 0.2) is 0 Å². The lowest BCUT2D eigenvalue weighted by molar-refractivity contribution is 0.505. The van der Waals surface area contributed by atoms with Crippen molar-refractivity contribution in [3.63, 3.8) is 0 Å². The first-order valence-corrected chi connectivity index (χ1v) is 2.55. The second kappa shape index (κ2) is 6.79. The van der Waals surface area contributed by atoms with E-state index in [-0.39, 0.29) is 5.16 Å². The Morgan fingerprint density at radius 1 is 1.50 bits per heavy atom. The van der Waals surface area contributed by atoms with E-state index in [0.717, 1.165) is 0 Å². The fourth-order valence-electron chi connectivity index (χ4n) is 0. The number of hydrogen-bond donors (Lipinski definition) is 1. The first-order valence-electron chi connectivity index (χ1n) is 2.17. The molecule has 8 heavy (non-hydrogen) atoms. The van der Waals surface area contributed by atoms with Gasteiger partial charge < -0.3 is 10.6 Å². The minimum Gasteiger partial charge on any atom is -0.390 e. The summed E-state index contributed by atoms with van der Waals surface area (Å²) in [6, 6.07) is 0. The lowest BCUT2D eigenvalue weighted by Crippen LogP contribution is -1.99. The molecule has 0 spiro atoms. The largest absolute Gasteiger partial charge is 0.390 e. The van der Waals surface area contributed by atoms with Gasteiger partial charge in [0.25, 0.3) is 0 Å². The van der Waals surface area contributed by atoms with Crippen LogP contribution in [0.2, 0.25) is 0 Å². The Morgan fingerprint density at radius 2 is 1.50 bits per heavy atom. The summed E-state index contributed by atoms with van der Waals surface area (Å²) in [7, 11) is 6.00. The second-order valence-electron chi connectivity index (χ2n) is 1.79. The molecule has 50 valence electrons. The maximum atomic E-state index is 4.86. The second-order valence-corrected chi connectivity index (χ2v) is 2.27. The summed E-state index contributed by atoms with van der Waals surface area (Å²) in [5.74, 6) is 0. The summed E-state index contributed by atoms with van der Waals surface area (Å²) in [6.07, 6.45) is 0. The Kier molecular flexibility index (Phi) is 9.09. The van der Waals surface area contributed by atoms with E-state index in [1.165, 1.54) is 0 Å². The molecule has 0 radical (unpaired) electrons. The lowest BCUT2D eigenvalue weighted by atomic mass is 11.0. The third-order valence-electron chi connectivity index (χ3n) is 0. The van der Waals surface area contributed by atoms with Crippen molar-refractivity contribution in [1.82, 2.24) is 4.90 Å². The molecule has 0 aromatic rings. The molecule has 0 aliphatic carbocycles. The number of hydrogen-bond acceptors (Lipinski definition) is 2. The summed E-state index contributed by atoms with van der Waals surface area (Å²) < 4.78 is 0. The topological polar surface area (TPSA) is 29.3 Å². The van der Waals surface area contributed by atoms with Crippen LogP contribution < -0.4 is 5.73 Å². The standard InChI is InChI=1S/C3H9N.C2H4ClN/c1-4(2)3;1-2(3)4/h1-3H3;1,4H2. The molecular formula is C5H13ClN2. The number of nitrogens with two attached hydrogens (primary N) is 1. The fourth-order valence-corrected chi connectivity index (χ4v) is 0. The smallest absolute Gasteiger partial charge is 0.0918 e. The maximum Gasteiger partial charge on any atom is 0.0918 e. The molecule has 0 saturated heterocycles. The molecule has 0 aromatic carbocycles. The molecule has 0 saturated carbocycles. The van der Waals surface area contributed by atoms with Crippen molar-refractivity contribution in [2.45, 2.75) is 0 Å². The van der Waals surface area contributed by atoms with Gasteiger partial charge in [-0.15, -0.1) is 0 Å². The van der Waals surface area contributed by atoms with E-state index in [0.29, 0.717) is 0 Å². The van der Waals surface area contributed by atoms with Crippen LogP contribution in [0.15, 0.2) is 11.7 Å². The average Bonchev–Trinajstić information content (AvgIpc) is 1.25. The van der Waals surface area contributed by atoms with Crippen molar-refractivity contribution in [2.24, 2.45) is 5.73 Å². The van der Waals surface area contributed by atoms with Crippen LogP contribution in [0.3, 0.4) is 0 Å². The molecule has 2 N–H and O–H groups in total. The Hall–Kier alpha value is -0.210. The Balaban J connectivity index is 0. The van der Waals surface area contributed by atoms with E-state index in [4.69, 9.17) is 11.6 Å². The van der Waals surface area contributed by atoms with Crippen molar-refractivity contribution in [1.29, 1.82) is 0 Å². The highest BCUT2D eigenvalue weighted by Gasteiger charge is 1.58. The molecule has 0 fully saturated rings. The molecule has 0 amide bonds. The molecule has 0 aliphatic rings. The van der Waals surface area contributed by atoms with Crippen molar-refractivity contribution in [2.75, 3.05) is 21.1 Å². The maximum absolute atomic E-state index is 4.86. The minimum atomic E-state index is 0.139. The van der Waals surface area contributed by atoms with Crippen molar-refractivity contribution < 1.29 is 0 Å². The van der Waals surface area contributed by atoms with E-state index in [1.807, 2.05) is 26.0 Å². The van der Waals surface area contributed by atoms with Crippen LogP contribution in [-0.4, -0.2) is 26.0 Å². The normalized spacial score (nSPS) is 7.62. The van der Waals surface area contributed by atoms with Gasteiger partial charge in [-0.2, -0.15) is 0 Å². The average molecular weight is 137 g/mol. The molecule has 0 bridgehead atoms. The van der Waals surface area contributed by atoms with Crippen molar-refractivity contribution >= 4 is 11.6 Å². The first kappa shape index (κ1) is 10.7.